The smallest absolute Gasteiger partial charge is 0.340 e. The van der Waals surface area contributed by atoms with Crippen LogP contribution in [-0.2, 0) is 14.3 Å². The number of methoxy groups -OCH3 is 1. The van der Waals surface area contributed by atoms with Crippen molar-refractivity contribution in [3.8, 4) is 5.75 Å². The summed E-state index contributed by atoms with van der Waals surface area (Å²) in [6, 6.07) is 9.03. The highest BCUT2D eigenvalue weighted by Gasteiger charge is 2.15. The van der Waals surface area contributed by atoms with Gasteiger partial charge in [0.05, 0.1) is 23.4 Å². The second kappa shape index (κ2) is 9.25. The first kappa shape index (κ1) is 20.5. The normalized spacial score (nSPS) is 10.1. The molecule has 9 heteroatoms. The molecule has 0 unspecified atom stereocenters. The van der Waals surface area contributed by atoms with Crippen molar-refractivity contribution in [3.63, 3.8) is 0 Å². The molecular weight excluding hydrogens is 395 g/mol. The molecule has 0 fully saturated rings. The number of nitrogens with one attached hydrogen (secondary N) is 2. The second-order valence-corrected chi connectivity index (χ2v) is 6.19. The van der Waals surface area contributed by atoms with Crippen LogP contribution in [0.25, 0.3) is 0 Å². The number of hydrogen-bond acceptors (Lipinski definition) is 5. The molecule has 142 valence electrons. The molecule has 0 saturated heterocycles. The van der Waals surface area contributed by atoms with E-state index in [0.717, 1.165) is 0 Å². The summed E-state index contributed by atoms with van der Waals surface area (Å²) in [6.07, 6.45) is 0. The zero-order valence-electron chi connectivity index (χ0n) is 14.5. The maximum absolute atomic E-state index is 12.1. The number of esters is 1. The van der Waals surface area contributed by atoms with E-state index in [9.17, 15) is 14.4 Å². The lowest BCUT2D eigenvalue weighted by molar-refractivity contribution is -0.119. The number of rotatable bonds is 6. The third-order valence-corrected chi connectivity index (χ3v) is 3.83. The van der Waals surface area contributed by atoms with E-state index in [2.05, 4.69) is 10.6 Å². The van der Waals surface area contributed by atoms with Crippen LogP contribution in [0.15, 0.2) is 36.4 Å². The zero-order valence-corrected chi connectivity index (χ0v) is 16.0. The molecule has 0 radical (unpaired) electrons. The molecule has 27 heavy (non-hydrogen) atoms. The van der Waals surface area contributed by atoms with E-state index in [1.165, 1.54) is 38.3 Å². The van der Waals surface area contributed by atoms with E-state index in [4.69, 9.17) is 32.7 Å². The van der Waals surface area contributed by atoms with Crippen molar-refractivity contribution in [2.24, 2.45) is 0 Å². The number of hydrogen-bond donors (Lipinski definition) is 2. The second-order valence-electron chi connectivity index (χ2n) is 5.34. The fourth-order valence-electron chi connectivity index (χ4n) is 2.14. The van der Waals surface area contributed by atoms with Crippen LogP contribution in [-0.4, -0.2) is 31.5 Å². The third kappa shape index (κ3) is 5.87. The van der Waals surface area contributed by atoms with E-state index in [0.29, 0.717) is 22.1 Å². The lowest BCUT2D eigenvalue weighted by Gasteiger charge is -2.12. The Morgan fingerprint density at radius 2 is 1.78 bits per heavy atom. The average Bonchev–Trinajstić information content (AvgIpc) is 2.59. The topological polar surface area (TPSA) is 93.7 Å². The highest BCUT2D eigenvalue weighted by molar-refractivity contribution is 6.36. The highest BCUT2D eigenvalue weighted by Crippen LogP contribution is 2.28. The number of carbonyl (C=O) groups excluding carboxylic acids is 3. The number of carbonyl (C=O) groups is 3. The van der Waals surface area contributed by atoms with Crippen molar-refractivity contribution in [2.75, 3.05) is 24.4 Å². The zero-order chi connectivity index (χ0) is 20.0. The Morgan fingerprint density at radius 1 is 1.04 bits per heavy atom. The Kier molecular flexibility index (Phi) is 7.04. The first-order chi connectivity index (χ1) is 12.8. The minimum absolute atomic E-state index is 0.0964. The first-order valence-corrected chi connectivity index (χ1v) is 8.43. The van der Waals surface area contributed by atoms with Crippen molar-refractivity contribution >= 4 is 52.4 Å². The lowest BCUT2D eigenvalue weighted by Crippen LogP contribution is -2.21. The molecule has 0 spiro atoms. The molecule has 0 bridgehead atoms. The van der Waals surface area contributed by atoms with Crippen LogP contribution in [0.3, 0.4) is 0 Å². The number of benzene rings is 2. The van der Waals surface area contributed by atoms with Gasteiger partial charge in [0.1, 0.15) is 5.75 Å². The van der Waals surface area contributed by atoms with E-state index < -0.39 is 18.5 Å². The summed E-state index contributed by atoms with van der Waals surface area (Å²) >= 11 is 11.7. The number of ether oxygens (including phenoxy) is 2. The van der Waals surface area contributed by atoms with Crippen LogP contribution in [0.2, 0.25) is 10.0 Å². The molecule has 2 aromatic rings. The molecule has 7 nitrogen and oxygen atoms in total. The van der Waals surface area contributed by atoms with Gasteiger partial charge in [-0.25, -0.2) is 4.79 Å². The Balaban J connectivity index is 2.02. The molecule has 2 aromatic carbocycles. The van der Waals surface area contributed by atoms with Gasteiger partial charge in [-0.05, 0) is 36.4 Å². The lowest BCUT2D eigenvalue weighted by atomic mass is 10.2. The Morgan fingerprint density at radius 3 is 2.41 bits per heavy atom. The highest BCUT2D eigenvalue weighted by atomic mass is 35.5. The van der Waals surface area contributed by atoms with Gasteiger partial charge in [0.15, 0.2) is 6.61 Å². The number of halogens is 2. The SMILES string of the molecule is COc1ccc(NC(C)=O)cc1NC(=O)COC(=O)c1ccc(Cl)cc1Cl. The molecule has 0 atom stereocenters. The van der Waals surface area contributed by atoms with Crippen molar-refractivity contribution in [2.45, 2.75) is 6.92 Å². The van der Waals surface area contributed by atoms with Crippen LogP contribution in [0, 0.1) is 0 Å². The van der Waals surface area contributed by atoms with Crippen LogP contribution >= 0.6 is 23.2 Å². The molecule has 0 aliphatic carbocycles. The maximum atomic E-state index is 12.1. The van der Waals surface area contributed by atoms with Gasteiger partial charge in [-0.3, -0.25) is 9.59 Å². The molecule has 2 amide bonds. The van der Waals surface area contributed by atoms with Crippen LogP contribution < -0.4 is 15.4 Å². The Bertz CT molecular complexity index is 886. The van der Waals surface area contributed by atoms with Crippen molar-refractivity contribution in [1.82, 2.24) is 0 Å². The van der Waals surface area contributed by atoms with Crippen molar-refractivity contribution in [1.29, 1.82) is 0 Å². The molecule has 0 aliphatic heterocycles. The quantitative estimate of drug-likeness (QED) is 0.707. The fraction of sp³-hybridized carbons (Fsp3) is 0.167. The molecule has 0 aromatic heterocycles. The van der Waals surface area contributed by atoms with Crippen molar-refractivity contribution in [3.05, 3.63) is 52.0 Å². The average molecular weight is 411 g/mol. The molecule has 0 saturated carbocycles. The number of anilines is 2. The Hall–Kier alpha value is -2.77. The molecular formula is C18H16Cl2N2O5. The summed E-state index contributed by atoms with van der Waals surface area (Å²) in [5.41, 5.74) is 0.886. The van der Waals surface area contributed by atoms with Gasteiger partial charge in [0.2, 0.25) is 5.91 Å². The number of amides is 2. The standard InChI is InChI=1S/C18H16Cl2N2O5/c1-10(23)21-12-4-6-16(26-2)15(8-12)22-17(24)9-27-18(25)13-5-3-11(19)7-14(13)20/h3-8H,9H2,1-2H3,(H,21,23)(H,22,24). The van der Waals surface area contributed by atoms with Gasteiger partial charge in [-0.15, -0.1) is 0 Å². The van der Waals surface area contributed by atoms with Crippen LogP contribution in [0.1, 0.15) is 17.3 Å². The minimum Gasteiger partial charge on any atom is -0.495 e. The molecule has 0 aliphatic rings. The Labute approximate surface area is 165 Å². The summed E-state index contributed by atoms with van der Waals surface area (Å²) in [7, 11) is 1.44. The van der Waals surface area contributed by atoms with Crippen LogP contribution in [0.5, 0.6) is 5.75 Å². The summed E-state index contributed by atoms with van der Waals surface area (Å²) in [5.74, 6) is -1.23. The molecule has 2 rings (SSSR count). The van der Waals surface area contributed by atoms with E-state index in [-0.39, 0.29) is 16.5 Å². The molecule has 0 heterocycles. The predicted octanol–water partition coefficient (Wildman–Crippen LogP) is 3.76. The van der Waals surface area contributed by atoms with E-state index in [1.54, 1.807) is 12.1 Å². The molecule has 2 N–H and O–H groups in total. The summed E-state index contributed by atoms with van der Waals surface area (Å²) < 4.78 is 10.1. The third-order valence-electron chi connectivity index (χ3n) is 3.28. The largest absolute Gasteiger partial charge is 0.495 e. The van der Waals surface area contributed by atoms with Crippen LogP contribution in [0.4, 0.5) is 11.4 Å². The monoisotopic (exact) mass is 410 g/mol. The van der Waals surface area contributed by atoms with E-state index >= 15 is 0 Å². The fourth-order valence-corrected chi connectivity index (χ4v) is 2.62. The van der Waals surface area contributed by atoms with Gasteiger partial charge < -0.3 is 20.1 Å². The van der Waals surface area contributed by atoms with Gasteiger partial charge in [0.25, 0.3) is 5.91 Å². The van der Waals surface area contributed by atoms with Gasteiger partial charge in [-0.2, -0.15) is 0 Å². The summed E-state index contributed by atoms with van der Waals surface area (Å²) in [4.78, 5) is 35.3. The van der Waals surface area contributed by atoms with Crippen molar-refractivity contribution < 1.29 is 23.9 Å². The summed E-state index contributed by atoms with van der Waals surface area (Å²) in [5, 5.41) is 5.65. The minimum atomic E-state index is -0.759. The predicted molar refractivity (Wildman–Crippen MR) is 103 cm³/mol. The van der Waals surface area contributed by atoms with Gasteiger partial charge in [0, 0.05) is 17.6 Å². The maximum Gasteiger partial charge on any atom is 0.340 e. The van der Waals surface area contributed by atoms with Gasteiger partial charge >= 0.3 is 5.97 Å². The van der Waals surface area contributed by atoms with Gasteiger partial charge in [-0.1, -0.05) is 23.2 Å². The summed E-state index contributed by atoms with van der Waals surface area (Å²) in [6.45, 7) is 0.829. The first-order valence-electron chi connectivity index (χ1n) is 7.68. The van der Waals surface area contributed by atoms with E-state index in [1.807, 2.05) is 0 Å².